The highest BCUT2D eigenvalue weighted by molar-refractivity contribution is 5.41. The van der Waals surface area contributed by atoms with Crippen molar-refractivity contribution in [2.75, 3.05) is 12.3 Å². The minimum atomic E-state index is -0.599. The standard InChI is InChI=1S/C8H12N2O/c9-5-8(11)6-2-1-3-7(10)4-6/h1-4,8,11H,5,9-10H2/t8-/m0/s1. The van der Waals surface area contributed by atoms with Gasteiger partial charge in [0.25, 0.3) is 0 Å². The molecule has 0 aliphatic rings. The molecule has 0 aliphatic heterocycles. The highest BCUT2D eigenvalue weighted by Gasteiger charge is 2.03. The lowest BCUT2D eigenvalue weighted by atomic mass is 10.1. The summed E-state index contributed by atoms with van der Waals surface area (Å²) in [7, 11) is 0. The predicted octanol–water partition coefficient (Wildman–Crippen LogP) is 0.261. The van der Waals surface area contributed by atoms with Gasteiger partial charge in [0.2, 0.25) is 0 Å². The molecule has 0 unspecified atom stereocenters. The van der Waals surface area contributed by atoms with E-state index in [1.54, 1.807) is 24.3 Å². The van der Waals surface area contributed by atoms with Crippen LogP contribution >= 0.6 is 0 Å². The van der Waals surface area contributed by atoms with Crippen LogP contribution in [0.15, 0.2) is 24.3 Å². The Hall–Kier alpha value is -1.06. The van der Waals surface area contributed by atoms with Crippen molar-refractivity contribution in [2.45, 2.75) is 6.10 Å². The van der Waals surface area contributed by atoms with E-state index in [4.69, 9.17) is 11.5 Å². The third-order valence-electron chi connectivity index (χ3n) is 1.52. The number of benzene rings is 1. The van der Waals surface area contributed by atoms with Crippen LogP contribution < -0.4 is 11.5 Å². The van der Waals surface area contributed by atoms with Gasteiger partial charge in [0.05, 0.1) is 6.10 Å². The van der Waals surface area contributed by atoms with Gasteiger partial charge < -0.3 is 16.6 Å². The van der Waals surface area contributed by atoms with E-state index in [9.17, 15) is 5.11 Å². The Morgan fingerprint density at radius 2 is 2.18 bits per heavy atom. The van der Waals surface area contributed by atoms with Crippen molar-refractivity contribution < 1.29 is 5.11 Å². The number of hydrogen-bond acceptors (Lipinski definition) is 3. The Morgan fingerprint density at radius 1 is 1.45 bits per heavy atom. The van der Waals surface area contributed by atoms with Gasteiger partial charge in [0.15, 0.2) is 0 Å². The summed E-state index contributed by atoms with van der Waals surface area (Å²) in [5, 5.41) is 9.27. The zero-order chi connectivity index (χ0) is 8.27. The molecule has 0 amide bonds. The molecule has 3 heteroatoms. The van der Waals surface area contributed by atoms with Crippen LogP contribution in [0.5, 0.6) is 0 Å². The van der Waals surface area contributed by atoms with Gasteiger partial charge in [-0.05, 0) is 17.7 Å². The Kier molecular flexibility index (Phi) is 2.46. The number of anilines is 1. The molecule has 0 fully saturated rings. The van der Waals surface area contributed by atoms with Crippen molar-refractivity contribution in [3.63, 3.8) is 0 Å². The summed E-state index contributed by atoms with van der Waals surface area (Å²) in [4.78, 5) is 0. The molecule has 3 nitrogen and oxygen atoms in total. The summed E-state index contributed by atoms with van der Waals surface area (Å²) in [6.45, 7) is 0.226. The van der Waals surface area contributed by atoms with Crippen molar-refractivity contribution in [1.82, 2.24) is 0 Å². The SMILES string of the molecule is NC[C@H](O)c1cccc(N)c1. The maximum atomic E-state index is 9.27. The molecule has 60 valence electrons. The fourth-order valence-corrected chi connectivity index (χ4v) is 0.902. The Labute approximate surface area is 65.6 Å². The van der Waals surface area contributed by atoms with Crippen LogP contribution in [-0.2, 0) is 0 Å². The van der Waals surface area contributed by atoms with Gasteiger partial charge in [-0.2, -0.15) is 0 Å². The first kappa shape index (κ1) is 8.04. The quantitative estimate of drug-likeness (QED) is 0.532. The first-order valence-corrected chi connectivity index (χ1v) is 3.47. The number of nitrogens with two attached hydrogens (primary N) is 2. The van der Waals surface area contributed by atoms with Gasteiger partial charge in [-0.3, -0.25) is 0 Å². The second-order valence-corrected chi connectivity index (χ2v) is 2.42. The molecule has 0 heterocycles. The van der Waals surface area contributed by atoms with Crippen LogP contribution in [0.1, 0.15) is 11.7 Å². The van der Waals surface area contributed by atoms with E-state index in [-0.39, 0.29) is 6.54 Å². The molecule has 1 rings (SSSR count). The molecular formula is C8H12N2O. The predicted molar refractivity (Wildman–Crippen MR) is 44.9 cm³/mol. The van der Waals surface area contributed by atoms with Gasteiger partial charge in [-0.1, -0.05) is 12.1 Å². The van der Waals surface area contributed by atoms with E-state index in [2.05, 4.69) is 0 Å². The van der Waals surface area contributed by atoms with Crippen molar-refractivity contribution in [1.29, 1.82) is 0 Å². The Balaban J connectivity index is 2.86. The zero-order valence-corrected chi connectivity index (χ0v) is 6.20. The molecule has 0 bridgehead atoms. The zero-order valence-electron chi connectivity index (χ0n) is 6.20. The molecule has 5 N–H and O–H groups in total. The fourth-order valence-electron chi connectivity index (χ4n) is 0.902. The summed E-state index contributed by atoms with van der Waals surface area (Å²) < 4.78 is 0. The monoisotopic (exact) mass is 152 g/mol. The molecule has 0 aliphatic carbocycles. The molecule has 0 radical (unpaired) electrons. The maximum Gasteiger partial charge on any atom is 0.0912 e. The van der Waals surface area contributed by atoms with Crippen LogP contribution in [0.3, 0.4) is 0 Å². The van der Waals surface area contributed by atoms with Gasteiger partial charge in [0, 0.05) is 12.2 Å². The van der Waals surface area contributed by atoms with Crippen LogP contribution in [0.2, 0.25) is 0 Å². The summed E-state index contributed by atoms with van der Waals surface area (Å²) in [5.41, 5.74) is 12.2. The van der Waals surface area contributed by atoms with Crippen molar-refractivity contribution in [3.05, 3.63) is 29.8 Å². The van der Waals surface area contributed by atoms with Crippen molar-refractivity contribution >= 4 is 5.69 Å². The third-order valence-corrected chi connectivity index (χ3v) is 1.52. The smallest absolute Gasteiger partial charge is 0.0912 e. The average Bonchev–Trinajstić information content (AvgIpc) is 2.03. The first-order valence-electron chi connectivity index (χ1n) is 3.47. The summed E-state index contributed by atoms with van der Waals surface area (Å²) >= 11 is 0. The van der Waals surface area contributed by atoms with Crippen LogP contribution in [-0.4, -0.2) is 11.7 Å². The van der Waals surface area contributed by atoms with Crippen LogP contribution in [0, 0.1) is 0 Å². The molecule has 1 aromatic rings. The molecule has 0 saturated carbocycles. The van der Waals surface area contributed by atoms with E-state index >= 15 is 0 Å². The number of nitrogen functional groups attached to an aromatic ring is 1. The molecule has 0 spiro atoms. The molecule has 1 atom stereocenters. The lowest BCUT2D eigenvalue weighted by molar-refractivity contribution is 0.187. The average molecular weight is 152 g/mol. The van der Waals surface area contributed by atoms with Crippen LogP contribution in [0.25, 0.3) is 0 Å². The fraction of sp³-hybridized carbons (Fsp3) is 0.250. The normalized spacial score (nSPS) is 12.9. The highest BCUT2D eigenvalue weighted by atomic mass is 16.3. The number of aliphatic hydroxyl groups excluding tert-OH is 1. The minimum Gasteiger partial charge on any atom is -0.399 e. The molecule has 0 aromatic heterocycles. The van der Waals surface area contributed by atoms with Gasteiger partial charge >= 0.3 is 0 Å². The van der Waals surface area contributed by atoms with E-state index in [0.29, 0.717) is 5.69 Å². The minimum absolute atomic E-state index is 0.226. The summed E-state index contributed by atoms with van der Waals surface area (Å²) in [6.07, 6.45) is -0.599. The van der Waals surface area contributed by atoms with Gasteiger partial charge in [-0.25, -0.2) is 0 Å². The van der Waals surface area contributed by atoms with E-state index in [1.807, 2.05) is 0 Å². The molecule has 1 aromatic carbocycles. The van der Waals surface area contributed by atoms with Gasteiger partial charge in [-0.15, -0.1) is 0 Å². The van der Waals surface area contributed by atoms with Gasteiger partial charge in [0.1, 0.15) is 0 Å². The number of aliphatic hydroxyl groups is 1. The van der Waals surface area contributed by atoms with Crippen LogP contribution in [0.4, 0.5) is 5.69 Å². The molecular weight excluding hydrogens is 140 g/mol. The Bertz CT molecular complexity index is 237. The largest absolute Gasteiger partial charge is 0.399 e. The molecule has 0 saturated heterocycles. The first-order chi connectivity index (χ1) is 5.24. The summed E-state index contributed by atoms with van der Waals surface area (Å²) in [6, 6.07) is 7.09. The number of hydrogen-bond donors (Lipinski definition) is 3. The van der Waals surface area contributed by atoms with E-state index in [0.717, 1.165) is 5.56 Å². The number of rotatable bonds is 2. The highest BCUT2D eigenvalue weighted by Crippen LogP contribution is 2.13. The summed E-state index contributed by atoms with van der Waals surface area (Å²) in [5.74, 6) is 0. The third kappa shape index (κ3) is 1.93. The lowest BCUT2D eigenvalue weighted by Crippen LogP contribution is -2.11. The van der Waals surface area contributed by atoms with E-state index < -0.39 is 6.10 Å². The van der Waals surface area contributed by atoms with Crippen molar-refractivity contribution in [2.24, 2.45) is 5.73 Å². The second-order valence-electron chi connectivity index (χ2n) is 2.42. The second kappa shape index (κ2) is 3.37. The maximum absolute atomic E-state index is 9.27. The topological polar surface area (TPSA) is 72.3 Å². The van der Waals surface area contributed by atoms with Crippen molar-refractivity contribution in [3.8, 4) is 0 Å². The molecule has 11 heavy (non-hydrogen) atoms. The van der Waals surface area contributed by atoms with E-state index in [1.165, 1.54) is 0 Å². The Morgan fingerprint density at radius 3 is 2.73 bits per heavy atom. The lowest BCUT2D eigenvalue weighted by Gasteiger charge is -2.07.